The van der Waals surface area contributed by atoms with Gasteiger partial charge in [-0.2, -0.15) is 4.31 Å². The molecule has 2 heterocycles. The maximum atomic E-state index is 13.4. The Morgan fingerprint density at radius 2 is 2.00 bits per heavy atom. The predicted molar refractivity (Wildman–Crippen MR) is 137 cm³/mol. The maximum absolute atomic E-state index is 13.4. The van der Waals surface area contributed by atoms with Gasteiger partial charge in [0.25, 0.3) is 15.9 Å². The monoisotopic (exact) mass is 517 g/mol. The van der Waals surface area contributed by atoms with E-state index in [1.165, 1.54) is 37.0 Å². The Morgan fingerprint density at radius 3 is 2.77 bits per heavy atom. The van der Waals surface area contributed by atoms with Crippen molar-refractivity contribution in [3.05, 3.63) is 46.8 Å². The molecule has 1 aliphatic heterocycles. The average Bonchev–Trinajstić information content (AvgIpc) is 3.58. The summed E-state index contributed by atoms with van der Waals surface area (Å²) in [6.45, 7) is 1.41. The van der Waals surface area contributed by atoms with E-state index in [0.29, 0.717) is 40.7 Å². The minimum atomic E-state index is -3.53. The lowest BCUT2D eigenvalue weighted by molar-refractivity contribution is 0.0951. The van der Waals surface area contributed by atoms with Gasteiger partial charge in [-0.05, 0) is 80.7 Å². The summed E-state index contributed by atoms with van der Waals surface area (Å²) in [6, 6.07) is 11.5. The molecule has 35 heavy (non-hydrogen) atoms. The van der Waals surface area contributed by atoms with Crippen molar-refractivity contribution in [2.45, 2.75) is 67.8 Å². The van der Waals surface area contributed by atoms with Gasteiger partial charge in [0.1, 0.15) is 9.96 Å². The number of hydrogen-bond acceptors (Lipinski definition) is 6. The standard InChI is InChI=1S/C26H35N3O4S2/c1-33-22-6-2-4-20(16-22)26(30)27-17-23-9-10-25(34-23)35(31,32)29-12-3-5-21(11-13-29)28-24-15-18-7-8-19(24)14-18/h2,4,6,9-10,16,18-19,21,24,28H,3,5,7-8,11-15,17H2,1H3,(H,27,30). The maximum Gasteiger partial charge on any atom is 0.252 e. The number of thiophene rings is 1. The minimum Gasteiger partial charge on any atom is -0.497 e. The van der Waals surface area contributed by atoms with Gasteiger partial charge in [0.15, 0.2) is 0 Å². The minimum absolute atomic E-state index is 0.219. The Bertz CT molecular complexity index is 1150. The second kappa shape index (κ2) is 10.6. The molecule has 2 saturated carbocycles. The first-order chi connectivity index (χ1) is 16.9. The number of rotatable bonds is 8. The normalized spacial score (nSPS) is 27.0. The summed E-state index contributed by atoms with van der Waals surface area (Å²) in [5.41, 5.74) is 0.506. The molecule has 4 unspecified atom stereocenters. The quantitative estimate of drug-likeness (QED) is 0.553. The third-order valence-corrected chi connectivity index (χ3v) is 11.3. The summed E-state index contributed by atoms with van der Waals surface area (Å²) in [7, 11) is -1.97. The average molecular weight is 518 g/mol. The number of amides is 1. The van der Waals surface area contributed by atoms with Gasteiger partial charge in [-0.25, -0.2) is 8.42 Å². The first-order valence-corrected chi connectivity index (χ1v) is 14.9. The molecule has 4 atom stereocenters. The topological polar surface area (TPSA) is 87.7 Å². The molecule has 5 rings (SSSR count). The van der Waals surface area contributed by atoms with Crippen LogP contribution in [0.4, 0.5) is 0 Å². The predicted octanol–water partition coefficient (Wildman–Crippen LogP) is 4.01. The highest BCUT2D eigenvalue weighted by Crippen LogP contribution is 2.44. The number of nitrogens with one attached hydrogen (secondary N) is 2. The van der Waals surface area contributed by atoms with Crippen molar-refractivity contribution in [1.82, 2.24) is 14.9 Å². The van der Waals surface area contributed by atoms with E-state index in [4.69, 9.17) is 4.74 Å². The second-order valence-electron chi connectivity index (χ2n) is 10.1. The molecule has 190 valence electrons. The van der Waals surface area contributed by atoms with Crippen molar-refractivity contribution < 1.29 is 17.9 Å². The smallest absolute Gasteiger partial charge is 0.252 e. The zero-order valence-corrected chi connectivity index (χ0v) is 21.9. The van der Waals surface area contributed by atoms with E-state index in [9.17, 15) is 13.2 Å². The number of sulfonamides is 1. The lowest BCUT2D eigenvalue weighted by atomic mass is 9.94. The number of nitrogens with zero attached hydrogens (tertiary/aromatic N) is 1. The van der Waals surface area contributed by atoms with Crippen LogP contribution >= 0.6 is 11.3 Å². The van der Waals surface area contributed by atoms with E-state index in [2.05, 4.69) is 10.6 Å². The van der Waals surface area contributed by atoms with Gasteiger partial charge in [-0.3, -0.25) is 4.79 Å². The molecule has 3 aliphatic rings. The fraction of sp³-hybridized carbons (Fsp3) is 0.577. The SMILES string of the molecule is COc1cccc(C(=O)NCc2ccc(S(=O)(=O)N3CCCC(NC4CC5CCC4C5)CC3)s2)c1. The van der Waals surface area contributed by atoms with Crippen molar-refractivity contribution >= 4 is 27.3 Å². The fourth-order valence-corrected chi connectivity index (χ4v) is 8.92. The number of benzene rings is 1. The molecule has 0 radical (unpaired) electrons. The van der Waals surface area contributed by atoms with Gasteiger partial charge >= 0.3 is 0 Å². The van der Waals surface area contributed by atoms with Crippen LogP contribution in [0.25, 0.3) is 0 Å². The van der Waals surface area contributed by atoms with Crippen LogP contribution in [-0.4, -0.2) is 50.9 Å². The van der Waals surface area contributed by atoms with Gasteiger partial charge in [-0.1, -0.05) is 12.5 Å². The van der Waals surface area contributed by atoms with Gasteiger partial charge in [-0.15, -0.1) is 11.3 Å². The molecule has 1 saturated heterocycles. The summed E-state index contributed by atoms with van der Waals surface area (Å²) >= 11 is 1.24. The van der Waals surface area contributed by atoms with E-state index < -0.39 is 10.0 Å². The number of ether oxygens (including phenoxy) is 1. The van der Waals surface area contributed by atoms with Crippen LogP contribution in [0.5, 0.6) is 5.75 Å². The highest BCUT2D eigenvalue weighted by molar-refractivity contribution is 7.91. The summed E-state index contributed by atoms with van der Waals surface area (Å²) in [4.78, 5) is 13.3. The molecule has 2 aromatic rings. The van der Waals surface area contributed by atoms with E-state index in [1.807, 2.05) is 0 Å². The van der Waals surface area contributed by atoms with Crippen LogP contribution in [0.3, 0.4) is 0 Å². The highest BCUT2D eigenvalue weighted by atomic mass is 32.2. The van der Waals surface area contributed by atoms with Crippen LogP contribution in [0, 0.1) is 11.8 Å². The van der Waals surface area contributed by atoms with Crippen LogP contribution < -0.4 is 15.4 Å². The third kappa shape index (κ3) is 5.58. The number of carbonyl (C=O) groups is 1. The molecule has 2 N–H and O–H groups in total. The number of fused-ring (bicyclic) bond motifs is 2. The molecule has 2 aliphatic carbocycles. The van der Waals surface area contributed by atoms with Gasteiger partial charge in [0, 0.05) is 35.6 Å². The lowest BCUT2D eigenvalue weighted by Crippen LogP contribution is -2.42. The zero-order valence-electron chi connectivity index (χ0n) is 20.2. The number of carbonyl (C=O) groups excluding carboxylic acids is 1. The molecule has 1 aromatic carbocycles. The molecule has 7 nitrogen and oxygen atoms in total. The van der Waals surface area contributed by atoms with Crippen LogP contribution in [0.1, 0.15) is 60.2 Å². The first kappa shape index (κ1) is 24.7. The highest BCUT2D eigenvalue weighted by Gasteiger charge is 2.40. The summed E-state index contributed by atoms with van der Waals surface area (Å²) in [5, 5.41) is 6.76. The Kier molecular flexibility index (Phi) is 7.48. The van der Waals surface area contributed by atoms with Crippen molar-refractivity contribution in [1.29, 1.82) is 0 Å². The molecule has 1 aromatic heterocycles. The van der Waals surface area contributed by atoms with Crippen molar-refractivity contribution in [2.24, 2.45) is 11.8 Å². The van der Waals surface area contributed by atoms with Crippen LogP contribution in [0.15, 0.2) is 40.6 Å². The van der Waals surface area contributed by atoms with E-state index in [-0.39, 0.29) is 12.5 Å². The fourth-order valence-electron chi connectivity index (χ4n) is 5.98. The molecule has 1 amide bonds. The molecule has 2 bridgehead atoms. The number of methoxy groups -OCH3 is 1. The van der Waals surface area contributed by atoms with Crippen LogP contribution in [0.2, 0.25) is 0 Å². The first-order valence-electron chi connectivity index (χ1n) is 12.7. The Labute approximate surface area is 212 Å². The Hall–Kier alpha value is -1.94. The van der Waals surface area contributed by atoms with E-state index in [1.54, 1.807) is 47.8 Å². The Morgan fingerprint density at radius 1 is 1.11 bits per heavy atom. The lowest BCUT2D eigenvalue weighted by Gasteiger charge is -2.28. The zero-order chi connectivity index (χ0) is 24.4. The largest absolute Gasteiger partial charge is 0.497 e. The Balaban J connectivity index is 1.15. The number of hydrogen-bond donors (Lipinski definition) is 2. The molecule has 3 fully saturated rings. The molecular formula is C26H35N3O4S2. The van der Waals surface area contributed by atoms with Gasteiger partial charge in [0.05, 0.1) is 13.7 Å². The third-order valence-electron chi connectivity index (χ3n) is 7.86. The molecule has 0 spiro atoms. The van der Waals surface area contributed by atoms with Crippen molar-refractivity contribution in [2.75, 3.05) is 20.2 Å². The van der Waals surface area contributed by atoms with Crippen molar-refractivity contribution in [3.8, 4) is 5.75 Å². The van der Waals surface area contributed by atoms with E-state index in [0.717, 1.165) is 36.0 Å². The molecular weight excluding hydrogens is 482 g/mol. The second-order valence-corrected chi connectivity index (χ2v) is 13.4. The van der Waals surface area contributed by atoms with Gasteiger partial charge < -0.3 is 15.4 Å². The summed E-state index contributed by atoms with van der Waals surface area (Å²) in [5.74, 6) is 2.14. The summed E-state index contributed by atoms with van der Waals surface area (Å²) < 4.78 is 33.9. The van der Waals surface area contributed by atoms with Crippen molar-refractivity contribution in [3.63, 3.8) is 0 Å². The van der Waals surface area contributed by atoms with Gasteiger partial charge in [0.2, 0.25) is 0 Å². The summed E-state index contributed by atoms with van der Waals surface area (Å²) in [6.07, 6.45) is 8.21. The van der Waals surface area contributed by atoms with E-state index >= 15 is 0 Å². The molecule has 9 heteroatoms. The van der Waals surface area contributed by atoms with Crippen LogP contribution in [-0.2, 0) is 16.6 Å².